The summed E-state index contributed by atoms with van der Waals surface area (Å²) >= 11 is 0. The van der Waals surface area contributed by atoms with Gasteiger partial charge in [0.05, 0.1) is 12.2 Å². The quantitative estimate of drug-likeness (QED) is 0.114. The molecule has 2 saturated heterocycles. The van der Waals surface area contributed by atoms with Crippen molar-refractivity contribution in [2.75, 3.05) is 19.8 Å². The average molecular weight is 525 g/mol. The van der Waals surface area contributed by atoms with Crippen LogP contribution < -0.4 is 0 Å². The van der Waals surface area contributed by atoms with Crippen molar-refractivity contribution in [2.45, 2.75) is 134 Å². The van der Waals surface area contributed by atoms with Crippen LogP contribution in [0.4, 0.5) is 0 Å². The molecule has 1 saturated carbocycles. The van der Waals surface area contributed by atoms with E-state index in [2.05, 4.69) is 46.0 Å². The van der Waals surface area contributed by atoms with Crippen LogP contribution in [-0.2, 0) is 28.2 Å². The normalized spacial score (nSPS) is 32.2. The van der Waals surface area contributed by atoms with Gasteiger partial charge in [-0.3, -0.25) is 0 Å². The van der Waals surface area contributed by atoms with Crippen molar-refractivity contribution in [3.8, 4) is 0 Å². The van der Waals surface area contributed by atoms with E-state index in [1.165, 1.54) is 0 Å². The molecule has 0 radical (unpaired) electrons. The van der Waals surface area contributed by atoms with E-state index in [-0.39, 0.29) is 35.7 Å². The maximum Gasteiger partial charge on any atom is 0.191 e. The van der Waals surface area contributed by atoms with E-state index in [1.54, 1.807) is 0 Å². The molecule has 0 amide bonds. The van der Waals surface area contributed by atoms with Crippen LogP contribution in [0.3, 0.4) is 0 Å². The van der Waals surface area contributed by atoms with E-state index < -0.39 is 8.32 Å². The number of carbonyl (C=O) groups excluding carboxylic acids is 1. The molecular weight excluding hydrogens is 472 g/mol. The summed E-state index contributed by atoms with van der Waals surface area (Å²) in [6, 6.07) is 0. The minimum absolute atomic E-state index is 0.0555. The molecule has 2 unspecified atom stereocenters. The van der Waals surface area contributed by atoms with Gasteiger partial charge in [-0.05, 0) is 81.8 Å². The third-order valence-corrected chi connectivity index (χ3v) is 13.1. The third kappa shape index (κ3) is 9.02. The van der Waals surface area contributed by atoms with Crippen LogP contribution >= 0.6 is 0 Å². The molecule has 0 aromatic carbocycles. The fraction of sp³-hybridized carbons (Fsp3) is 0.897. The fourth-order valence-corrected chi connectivity index (χ4v) is 6.28. The number of ether oxygens (including phenoxy) is 4. The van der Waals surface area contributed by atoms with E-state index in [0.717, 1.165) is 83.7 Å². The molecule has 208 valence electrons. The SMILES string of the molecule is CC(C)(C)[Si](C)(C)OC[C@@H]1[C@@H](C/C=C\CCCC=O)[C@H](OC2CCCCO2)C[C@H]1OC1CCCCO1. The topological polar surface area (TPSA) is 63.2 Å². The second-order valence-corrected chi connectivity index (χ2v) is 17.2. The predicted molar refractivity (Wildman–Crippen MR) is 145 cm³/mol. The first-order valence-electron chi connectivity index (χ1n) is 14.5. The standard InChI is InChI=1S/C29H52O6Si/c1-29(2,3)36(4,5)33-22-24-23(15-9-7-6-8-12-18-30)25(34-27-16-10-13-19-31-27)21-26(24)35-28-17-11-14-20-32-28/h7,9,18,23-28H,6,8,10-17,19-22H2,1-5H3/b9-7-/t23-,24-,25-,26-,27?,28?/m1/s1. The van der Waals surface area contributed by atoms with Gasteiger partial charge in [0.25, 0.3) is 0 Å². The molecule has 0 bridgehead atoms. The van der Waals surface area contributed by atoms with Gasteiger partial charge < -0.3 is 28.2 Å². The van der Waals surface area contributed by atoms with Gasteiger partial charge in [-0.2, -0.15) is 0 Å². The fourth-order valence-electron chi connectivity index (χ4n) is 5.24. The molecule has 3 fully saturated rings. The summed E-state index contributed by atoms with van der Waals surface area (Å²) in [7, 11) is -1.90. The lowest BCUT2D eigenvalue weighted by molar-refractivity contribution is -0.204. The molecule has 36 heavy (non-hydrogen) atoms. The Morgan fingerprint density at radius 3 is 2.00 bits per heavy atom. The number of carbonyl (C=O) groups is 1. The Hall–Kier alpha value is -0.573. The van der Waals surface area contributed by atoms with Crippen LogP contribution in [0.5, 0.6) is 0 Å². The first kappa shape index (κ1) is 30.0. The summed E-state index contributed by atoms with van der Waals surface area (Å²) in [4.78, 5) is 10.7. The second kappa shape index (κ2) is 14.5. The van der Waals surface area contributed by atoms with Gasteiger partial charge >= 0.3 is 0 Å². The highest BCUT2D eigenvalue weighted by molar-refractivity contribution is 6.74. The minimum Gasteiger partial charge on any atom is -0.416 e. The van der Waals surface area contributed by atoms with Crippen LogP contribution in [-0.4, -0.2) is 59.2 Å². The Morgan fingerprint density at radius 1 is 0.861 bits per heavy atom. The number of aldehydes is 1. The number of hydrogen-bond donors (Lipinski definition) is 0. The summed E-state index contributed by atoms with van der Waals surface area (Å²) in [5.74, 6) is 0.550. The van der Waals surface area contributed by atoms with E-state index in [4.69, 9.17) is 23.4 Å². The molecule has 6 nitrogen and oxygen atoms in total. The van der Waals surface area contributed by atoms with E-state index >= 15 is 0 Å². The van der Waals surface area contributed by atoms with E-state index in [9.17, 15) is 4.79 Å². The lowest BCUT2D eigenvalue weighted by atomic mass is 9.90. The van der Waals surface area contributed by atoms with Gasteiger partial charge in [0.1, 0.15) is 6.29 Å². The zero-order chi connectivity index (χ0) is 26.0. The molecule has 7 heteroatoms. The first-order valence-corrected chi connectivity index (χ1v) is 17.4. The van der Waals surface area contributed by atoms with Crippen LogP contribution in [0.25, 0.3) is 0 Å². The van der Waals surface area contributed by atoms with Crippen LogP contribution in [0.15, 0.2) is 12.2 Å². The molecule has 0 N–H and O–H groups in total. The molecular formula is C29H52O6Si. The largest absolute Gasteiger partial charge is 0.416 e. The molecule has 0 spiro atoms. The molecule has 3 rings (SSSR count). The first-order chi connectivity index (χ1) is 17.2. The molecule has 0 aromatic rings. The van der Waals surface area contributed by atoms with Crippen LogP contribution in [0.2, 0.25) is 18.1 Å². The van der Waals surface area contributed by atoms with Gasteiger partial charge in [-0.15, -0.1) is 0 Å². The van der Waals surface area contributed by atoms with Crippen molar-refractivity contribution in [2.24, 2.45) is 11.8 Å². The van der Waals surface area contributed by atoms with Crippen molar-refractivity contribution in [1.29, 1.82) is 0 Å². The minimum atomic E-state index is -1.90. The highest BCUT2D eigenvalue weighted by Crippen LogP contribution is 2.43. The van der Waals surface area contributed by atoms with Crippen LogP contribution in [0.1, 0.15) is 91.4 Å². The maximum atomic E-state index is 10.7. The van der Waals surface area contributed by atoms with Crippen molar-refractivity contribution >= 4 is 14.6 Å². The van der Waals surface area contributed by atoms with Gasteiger partial charge in [0, 0.05) is 38.6 Å². The monoisotopic (exact) mass is 524 g/mol. The van der Waals surface area contributed by atoms with Gasteiger partial charge in [-0.1, -0.05) is 32.9 Å². The number of allylic oxidation sites excluding steroid dienone is 2. The van der Waals surface area contributed by atoms with E-state index in [0.29, 0.717) is 18.9 Å². The number of hydrogen-bond acceptors (Lipinski definition) is 6. The third-order valence-electron chi connectivity index (χ3n) is 8.61. The van der Waals surface area contributed by atoms with E-state index in [1.807, 2.05) is 0 Å². The average Bonchev–Trinajstić information content (AvgIpc) is 3.16. The summed E-state index contributed by atoms with van der Waals surface area (Å²) in [6.07, 6.45) is 16.1. The molecule has 6 atom stereocenters. The molecule has 2 aliphatic heterocycles. The smallest absolute Gasteiger partial charge is 0.191 e. The van der Waals surface area contributed by atoms with Crippen molar-refractivity contribution in [3.05, 3.63) is 12.2 Å². The summed E-state index contributed by atoms with van der Waals surface area (Å²) < 4.78 is 32.0. The number of rotatable bonds is 13. The van der Waals surface area contributed by atoms with Gasteiger partial charge in [-0.25, -0.2) is 0 Å². The molecule has 0 aromatic heterocycles. The summed E-state index contributed by atoms with van der Waals surface area (Å²) in [5, 5.41) is 0.161. The molecule has 3 aliphatic rings. The Labute approximate surface area is 220 Å². The lowest BCUT2D eigenvalue weighted by Gasteiger charge is -2.39. The van der Waals surface area contributed by atoms with Gasteiger partial charge in [0.15, 0.2) is 20.9 Å². The van der Waals surface area contributed by atoms with Crippen molar-refractivity contribution in [3.63, 3.8) is 0 Å². The highest BCUT2D eigenvalue weighted by atomic mass is 28.4. The zero-order valence-corrected chi connectivity index (χ0v) is 24.5. The van der Waals surface area contributed by atoms with Crippen molar-refractivity contribution < 1.29 is 28.2 Å². The zero-order valence-electron chi connectivity index (χ0n) is 23.5. The molecule has 1 aliphatic carbocycles. The Balaban J connectivity index is 1.75. The number of unbranched alkanes of at least 4 members (excludes halogenated alkanes) is 2. The highest BCUT2D eigenvalue weighted by Gasteiger charge is 2.48. The predicted octanol–water partition coefficient (Wildman–Crippen LogP) is 6.78. The summed E-state index contributed by atoms with van der Waals surface area (Å²) in [6.45, 7) is 13.8. The Morgan fingerprint density at radius 2 is 1.47 bits per heavy atom. The van der Waals surface area contributed by atoms with Crippen molar-refractivity contribution in [1.82, 2.24) is 0 Å². The Kier molecular flexibility index (Phi) is 12.1. The molecule has 2 heterocycles. The second-order valence-electron chi connectivity index (χ2n) is 12.4. The lowest BCUT2D eigenvalue weighted by Crippen LogP contribution is -2.44. The maximum absolute atomic E-state index is 10.7. The van der Waals surface area contributed by atoms with Gasteiger partial charge in [0.2, 0.25) is 0 Å². The summed E-state index contributed by atoms with van der Waals surface area (Å²) in [5.41, 5.74) is 0. The Bertz CT molecular complexity index is 663. The van der Waals surface area contributed by atoms with Crippen LogP contribution in [0, 0.1) is 11.8 Å².